The number of aromatic nitrogens is 3. The molecule has 26 heavy (non-hydrogen) atoms. The lowest BCUT2D eigenvalue weighted by molar-refractivity contribution is -0.113. The first-order valence-electron chi connectivity index (χ1n) is 8.75. The monoisotopic (exact) mass is 384 g/mol. The van der Waals surface area contributed by atoms with Crippen molar-refractivity contribution >= 4 is 45.0 Å². The van der Waals surface area contributed by atoms with E-state index in [0.29, 0.717) is 10.9 Å². The van der Waals surface area contributed by atoms with Gasteiger partial charge in [0.1, 0.15) is 10.0 Å². The van der Waals surface area contributed by atoms with Crippen LogP contribution in [0.2, 0.25) is 0 Å². The molecule has 0 radical (unpaired) electrons. The molecule has 1 aliphatic carbocycles. The summed E-state index contributed by atoms with van der Waals surface area (Å²) in [6.45, 7) is 3.96. The SMILES string of the molecule is Cc1ccc2c3c(c(SCC(=O)Nc4nnc(C)s4)nc2c1)CCCC3. The lowest BCUT2D eigenvalue weighted by Crippen LogP contribution is -2.15. The van der Waals surface area contributed by atoms with Gasteiger partial charge in [-0.2, -0.15) is 0 Å². The van der Waals surface area contributed by atoms with Gasteiger partial charge in [0.15, 0.2) is 0 Å². The molecular formula is C19H20N4OS2. The Hall–Kier alpha value is -1.99. The number of rotatable bonds is 4. The minimum Gasteiger partial charge on any atom is -0.300 e. The fourth-order valence-corrected chi connectivity index (χ4v) is 4.87. The summed E-state index contributed by atoms with van der Waals surface area (Å²) >= 11 is 2.91. The van der Waals surface area contributed by atoms with E-state index in [1.54, 1.807) is 0 Å². The predicted molar refractivity (Wildman–Crippen MR) is 107 cm³/mol. The second-order valence-electron chi connectivity index (χ2n) is 6.56. The number of anilines is 1. The number of hydrogen-bond acceptors (Lipinski definition) is 6. The second-order valence-corrected chi connectivity index (χ2v) is 8.71. The quantitative estimate of drug-likeness (QED) is 0.679. The second kappa shape index (κ2) is 7.32. The van der Waals surface area contributed by atoms with E-state index in [1.807, 2.05) is 6.92 Å². The summed E-state index contributed by atoms with van der Waals surface area (Å²) in [4.78, 5) is 17.2. The van der Waals surface area contributed by atoms with E-state index in [4.69, 9.17) is 4.98 Å². The predicted octanol–water partition coefficient (Wildman–Crippen LogP) is 4.31. The number of fused-ring (bicyclic) bond motifs is 3. The zero-order chi connectivity index (χ0) is 18.1. The standard InChI is InChI=1S/C19H20N4OS2/c1-11-7-8-14-13-5-3-4-6-15(13)18(20-16(14)9-11)25-10-17(24)21-19-23-22-12(2)26-19/h7-9H,3-6,10H2,1-2H3,(H,21,23,24). The van der Waals surface area contributed by atoms with Crippen molar-refractivity contribution < 1.29 is 4.79 Å². The van der Waals surface area contributed by atoms with Gasteiger partial charge in [0, 0.05) is 5.39 Å². The third kappa shape index (κ3) is 3.59. The number of pyridine rings is 1. The highest BCUT2D eigenvalue weighted by Gasteiger charge is 2.19. The Morgan fingerprint density at radius 3 is 2.77 bits per heavy atom. The number of hydrogen-bond donors (Lipinski definition) is 1. The normalized spacial score (nSPS) is 13.6. The van der Waals surface area contributed by atoms with Gasteiger partial charge in [0.2, 0.25) is 11.0 Å². The molecule has 1 amide bonds. The fourth-order valence-electron chi connectivity index (χ4n) is 3.36. The van der Waals surface area contributed by atoms with Crippen LogP contribution in [0.25, 0.3) is 10.9 Å². The van der Waals surface area contributed by atoms with Gasteiger partial charge in [-0.15, -0.1) is 10.2 Å². The highest BCUT2D eigenvalue weighted by atomic mass is 32.2. The van der Waals surface area contributed by atoms with Crippen molar-refractivity contribution in [2.75, 3.05) is 11.1 Å². The van der Waals surface area contributed by atoms with E-state index in [2.05, 4.69) is 40.6 Å². The number of thioether (sulfide) groups is 1. The Morgan fingerprint density at radius 2 is 2.00 bits per heavy atom. The Balaban J connectivity index is 1.58. The van der Waals surface area contributed by atoms with Crippen LogP contribution in [-0.4, -0.2) is 26.8 Å². The van der Waals surface area contributed by atoms with Gasteiger partial charge < -0.3 is 0 Å². The van der Waals surface area contributed by atoms with Crippen molar-refractivity contribution in [3.63, 3.8) is 0 Å². The number of nitrogens with zero attached hydrogens (tertiary/aromatic N) is 3. The zero-order valence-corrected chi connectivity index (χ0v) is 16.5. The van der Waals surface area contributed by atoms with E-state index in [-0.39, 0.29) is 5.91 Å². The van der Waals surface area contributed by atoms with Gasteiger partial charge in [-0.3, -0.25) is 10.1 Å². The summed E-state index contributed by atoms with van der Waals surface area (Å²) in [5, 5.41) is 14.3. The zero-order valence-electron chi connectivity index (χ0n) is 14.8. The molecule has 134 valence electrons. The van der Waals surface area contributed by atoms with E-state index >= 15 is 0 Å². The largest absolute Gasteiger partial charge is 0.300 e. The molecule has 0 aliphatic heterocycles. The molecule has 0 spiro atoms. The first-order valence-corrected chi connectivity index (χ1v) is 10.6. The van der Waals surface area contributed by atoms with E-state index < -0.39 is 0 Å². The molecule has 0 fully saturated rings. The van der Waals surface area contributed by atoms with Crippen LogP contribution in [0.4, 0.5) is 5.13 Å². The van der Waals surface area contributed by atoms with Gasteiger partial charge in [-0.1, -0.05) is 35.2 Å². The summed E-state index contributed by atoms with van der Waals surface area (Å²) in [6, 6.07) is 6.49. The maximum Gasteiger partial charge on any atom is 0.236 e. The summed E-state index contributed by atoms with van der Waals surface area (Å²) in [6.07, 6.45) is 4.56. The molecule has 5 nitrogen and oxygen atoms in total. The molecule has 0 atom stereocenters. The maximum absolute atomic E-state index is 12.3. The van der Waals surface area contributed by atoms with Crippen molar-refractivity contribution in [3.8, 4) is 0 Å². The molecule has 3 aromatic rings. The Kier molecular flexibility index (Phi) is 4.91. The molecule has 4 rings (SSSR count). The number of aryl methyl sites for hydroxylation is 3. The third-order valence-corrected chi connectivity index (χ3v) is 6.31. The first-order chi connectivity index (χ1) is 12.6. The highest BCUT2D eigenvalue weighted by molar-refractivity contribution is 8.00. The number of carbonyl (C=O) groups excluding carboxylic acids is 1. The molecule has 0 unspecified atom stereocenters. The van der Waals surface area contributed by atoms with Crippen LogP contribution >= 0.6 is 23.1 Å². The molecule has 7 heteroatoms. The molecule has 1 aliphatic rings. The van der Waals surface area contributed by atoms with E-state index in [0.717, 1.165) is 28.4 Å². The molecular weight excluding hydrogens is 364 g/mol. The summed E-state index contributed by atoms with van der Waals surface area (Å²) in [5.41, 5.74) is 5.00. The van der Waals surface area contributed by atoms with Crippen molar-refractivity contribution in [2.45, 2.75) is 44.6 Å². The number of amides is 1. The average Bonchev–Trinajstić information content (AvgIpc) is 3.04. The van der Waals surface area contributed by atoms with E-state index in [9.17, 15) is 4.79 Å². The summed E-state index contributed by atoms with van der Waals surface area (Å²) in [5.74, 6) is 0.261. The van der Waals surface area contributed by atoms with Gasteiger partial charge in [-0.05, 0) is 62.3 Å². The number of nitrogens with one attached hydrogen (secondary N) is 1. The lowest BCUT2D eigenvalue weighted by Gasteiger charge is -2.21. The van der Waals surface area contributed by atoms with Gasteiger partial charge in [0.05, 0.1) is 11.3 Å². The number of benzene rings is 1. The topological polar surface area (TPSA) is 67.8 Å². The third-order valence-electron chi connectivity index (χ3n) is 4.54. The first kappa shape index (κ1) is 17.4. The van der Waals surface area contributed by atoms with Gasteiger partial charge in [0.25, 0.3) is 0 Å². The minimum atomic E-state index is -0.0677. The van der Waals surface area contributed by atoms with Crippen molar-refractivity contribution in [1.82, 2.24) is 15.2 Å². The molecule has 0 saturated heterocycles. The Morgan fingerprint density at radius 1 is 1.19 bits per heavy atom. The molecule has 1 aromatic carbocycles. The van der Waals surface area contributed by atoms with Gasteiger partial charge in [-0.25, -0.2) is 4.98 Å². The summed E-state index contributed by atoms with van der Waals surface area (Å²) < 4.78 is 0. The van der Waals surface area contributed by atoms with Crippen LogP contribution in [0.15, 0.2) is 23.2 Å². The highest BCUT2D eigenvalue weighted by Crippen LogP contribution is 2.35. The summed E-state index contributed by atoms with van der Waals surface area (Å²) in [7, 11) is 0. The fraction of sp³-hybridized carbons (Fsp3) is 0.368. The van der Waals surface area contributed by atoms with Crippen LogP contribution in [0.5, 0.6) is 0 Å². The molecule has 2 aromatic heterocycles. The minimum absolute atomic E-state index is 0.0677. The molecule has 0 bridgehead atoms. The molecule has 1 N–H and O–H groups in total. The number of carbonyl (C=O) groups is 1. The van der Waals surface area contributed by atoms with Crippen molar-refractivity contribution in [3.05, 3.63) is 39.9 Å². The smallest absolute Gasteiger partial charge is 0.236 e. The van der Waals surface area contributed by atoms with Crippen LogP contribution < -0.4 is 5.32 Å². The van der Waals surface area contributed by atoms with Crippen LogP contribution in [-0.2, 0) is 17.6 Å². The van der Waals surface area contributed by atoms with Crippen LogP contribution in [0.1, 0.15) is 34.5 Å². The lowest BCUT2D eigenvalue weighted by atomic mass is 9.90. The average molecular weight is 385 g/mol. The maximum atomic E-state index is 12.3. The Labute approximate surface area is 160 Å². The molecule has 0 saturated carbocycles. The Bertz CT molecular complexity index is 983. The van der Waals surface area contributed by atoms with Crippen molar-refractivity contribution in [2.24, 2.45) is 0 Å². The van der Waals surface area contributed by atoms with E-state index in [1.165, 1.54) is 58.0 Å². The van der Waals surface area contributed by atoms with Crippen molar-refractivity contribution in [1.29, 1.82) is 0 Å². The van der Waals surface area contributed by atoms with Gasteiger partial charge >= 0.3 is 0 Å². The van der Waals surface area contributed by atoms with Crippen LogP contribution in [0, 0.1) is 13.8 Å². The molecule has 2 heterocycles. The van der Waals surface area contributed by atoms with Crippen LogP contribution in [0.3, 0.4) is 0 Å².